The van der Waals surface area contributed by atoms with Crippen molar-refractivity contribution in [2.24, 2.45) is 5.92 Å². The van der Waals surface area contributed by atoms with E-state index in [0.29, 0.717) is 12.5 Å². The lowest BCUT2D eigenvalue weighted by molar-refractivity contribution is 0.202. The molecule has 142 valence electrons. The van der Waals surface area contributed by atoms with E-state index in [0.717, 1.165) is 35.5 Å². The quantitative estimate of drug-likeness (QED) is 0.796. The third-order valence-corrected chi connectivity index (χ3v) is 4.73. The maximum atomic E-state index is 12.5. The van der Waals surface area contributed by atoms with Crippen LogP contribution in [0.2, 0.25) is 0 Å². The monoisotopic (exact) mass is 356 g/mol. The van der Waals surface area contributed by atoms with E-state index in [1.807, 2.05) is 49.0 Å². The SMILES string of the molecule is Cc1nn(-c2ccccc2)c(C)c1CN(C)C(=O)NC(C)CCC(C)C. The molecule has 0 radical (unpaired) electrons. The summed E-state index contributed by atoms with van der Waals surface area (Å²) < 4.78 is 1.95. The Hall–Kier alpha value is -2.30. The van der Waals surface area contributed by atoms with Crippen molar-refractivity contribution in [3.8, 4) is 5.69 Å². The lowest BCUT2D eigenvalue weighted by Crippen LogP contribution is -2.41. The minimum Gasteiger partial charge on any atom is -0.336 e. The molecule has 26 heavy (non-hydrogen) atoms. The second kappa shape index (κ2) is 8.88. The third-order valence-electron chi connectivity index (χ3n) is 4.73. The Kier molecular flexibility index (Phi) is 6.83. The molecular formula is C21H32N4O. The number of para-hydroxylation sites is 1. The molecule has 1 aromatic heterocycles. The van der Waals surface area contributed by atoms with Crippen molar-refractivity contribution < 1.29 is 4.79 Å². The average Bonchev–Trinajstić information content (AvgIpc) is 2.88. The van der Waals surface area contributed by atoms with Gasteiger partial charge >= 0.3 is 6.03 Å². The maximum absolute atomic E-state index is 12.5. The van der Waals surface area contributed by atoms with Crippen molar-refractivity contribution in [3.05, 3.63) is 47.3 Å². The molecule has 0 aliphatic rings. The molecule has 1 aromatic carbocycles. The maximum Gasteiger partial charge on any atom is 0.317 e. The molecule has 2 rings (SSSR count). The number of amides is 2. The van der Waals surface area contributed by atoms with Gasteiger partial charge in [0.25, 0.3) is 0 Å². The van der Waals surface area contributed by atoms with Crippen LogP contribution < -0.4 is 5.32 Å². The van der Waals surface area contributed by atoms with Gasteiger partial charge in [0, 0.05) is 24.3 Å². The molecule has 1 atom stereocenters. The minimum atomic E-state index is -0.0347. The minimum absolute atomic E-state index is 0.0347. The van der Waals surface area contributed by atoms with Gasteiger partial charge in [-0.05, 0) is 51.7 Å². The van der Waals surface area contributed by atoms with Crippen molar-refractivity contribution in [2.75, 3.05) is 7.05 Å². The first kappa shape index (κ1) is 20.0. The van der Waals surface area contributed by atoms with Crippen LogP contribution in [0, 0.1) is 19.8 Å². The van der Waals surface area contributed by atoms with Gasteiger partial charge in [-0.1, -0.05) is 32.0 Å². The Labute approximate surface area is 157 Å². The molecule has 0 aliphatic carbocycles. The van der Waals surface area contributed by atoms with Crippen LogP contribution in [0.15, 0.2) is 30.3 Å². The number of aromatic nitrogens is 2. The Morgan fingerprint density at radius 3 is 2.42 bits per heavy atom. The fourth-order valence-corrected chi connectivity index (χ4v) is 3.01. The highest BCUT2D eigenvalue weighted by Crippen LogP contribution is 2.19. The molecule has 0 saturated carbocycles. The van der Waals surface area contributed by atoms with E-state index >= 15 is 0 Å². The normalized spacial score (nSPS) is 12.3. The number of carbonyl (C=O) groups is 1. The number of hydrogen-bond acceptors (Lipinski definition) is 2. The molecular weight excluding hydrogens is 324 g/mol. The number of nitrogens with zero attached hydrogens (tertiary/aromatic N) is 3. The summed E-state index contributed by atoms with van der Waals surface area (Å²) in [4.78, 5) is 14.2. The van der Waals surface area contributed by atoms with Crippen LogP contribution in [0.25, 0.3) is 5.69 Å². The van der Waals surface area contributed by atoms with Crippen LogP contribution in [-0.2, 0) is 6.54 Å². The van der Waals surface area contributed by atoms with E-state index in [1.54, 1.807) is 4.90 Å². The number of rotatable bonds is 7. The molecule has 0 aliphatic heterocycles. The van der Waals surface area contributed by atoms with Crippen LogP contribution in [0.1, 0.15) is 50.6 Å². The summed E-state index contributed by atoms with van der Waals surface area (Å²) in [6.07, 6.45) is 2.12. The topological polar surface area (TPSA) is 50.2 Å². The summed E-state index contributed by atoms with van der Waals surface area (Å²) in [7, 11) is 1.84. The van der Waals surface area contributed by atoms with E-state index in [4.69, 9.17) is 0 Å². The number of benzene rings is 1. The van der Waals surface area contributed by atoms with Gasteiger partial charge in [-0.15, -0.1) is 0 Å². The fourth-order valence-electron chi connectivity index (χ4n) is 3.01. The highest BCUT2D eigenvalue weighted by Gasteiger charge is 2.18. The van der Waals surface area contributed by atoms with Crippen LogP contribution in [0.3, 0.4) is 0 Å². The zero-order valence-electron chi connectivity index (χ0n) is 16.9. The first-order chi connectivity index (χ1) is 12.3. The van der Waals surface area contributed by atoms with Crippen molar-refractivity contribution >= 4 is 6.03 Å². The molecule has 5 heteroatoms. The molecule has 2 amide bonds. The van der Waals surface area contributed by atoms with Crippen molar-refractivity contribution in [1.82, 2.24) is 20.0 Å². The van der Waals surface area contributed by atoms with Crippen LogP contribution in [0.5, 0.6) is 0 Å². The molecule has 1 N–H and O–H groups in total. The largest absolute Gasteiger partial charge is 0.336 e. The first-order valence-electron chi connectivity index (χ1n) is 9.41. The number of aryl methyl sites for hydroxylation is 1. The first-order valence-corrected chi connectivity index (χ1v) is 9.41. The van der Waals surface area contributed by atoms with E-state index in [9.17, 15) is 4.79 Å². The average molecular weight is 357 g/mol. The summed E-state index contributed by atoms with van der Waals surface area (Å²) in [6.45, 7) is 11.1. The summed E-state index contributed by atoms with van der Waals surface area (Å²) in [5, 5.41) is 7.75. The van der Waals surface area contributed by atoms with Crippen LogP contribution in [-0.4, -0.2) is 33.8 Å². The summed E-state index contributed by atoms with van der Waals surface area (Å²) in [5.74, 6) is 0.654. The molecule has 1 heterocycles. The molecule has 0 bridgehead atoms. The second-order valence-electron chi connectivity index (χ2n) is 7.57. The van der Waals surface area contributed by atoms with Gasteiger partial charge < -0.3 is 10.2 Å². The zero-order chi connectivity index (χ0) is 19.3. The highest BCUT2D eigenvalue weighted by atomic mass is 16.2. The second-order valence-corrected chi connectivity index (χ2v) is 7.57. The van der Waals surface area contributed by atoms with Gasteiger partial charge in [0.1, 0.15) is 0 Å². The molecule has 0 saturated heterocycles. The van der Waals surface area contributed by atoms with E-state index in [-0.39, 0.29) is 12.1 Å². The zero-order valence-corrected chi connectivity index (χ0v) is 16.9. The standard InChI is InChI=1S/C21H32N4O/c1-15(2)12-13-16(3)22-21(26)24(6)14-20-17(4)23-25(18(20)5)19-10-8-7-9-11-19/h7-11,15-16H,12-14H2,1-6H3,(H,22,26). The van der Waals surface area contributed by atoms with Gasteiger partial charge in [-0.2, -0.15) is 5.10 Å². The predicted molar refractivity (Wildman–Crippen MR) is 107 cm³/mol. The number of carbonyl (C=O) groups excluding carboxylic acids is 1. The Morgan fingerprint density at radius 1 is 1.15 bits per heavy atom. The third kappa shape index (κ3) is 5.10. The van der Waals surface area contributed by atoms with Gasteiger partial charge in [0.05, 0.1) is 17.9 Å². The Morgan fingerprint density at radius 2 is 1.81 bits per heavy atom. The highest BCUT2D eigenvalue weighted by molar-refractivity contribution is 5.74. The summed E-state index contributed by atoms with van der Waals surface area (Å²) in [5.41, 5.74) is 4.16. The van der Waals surface area contributed by atoms with E-state index < -0.39 is 0 Å². The van der Waals surface area contributed by atoms with Crippen molar-refractivity contribution in [2.45, 2.75) is 60.0 Å². The summed E-state index contributed by atoms with van der Waals surface area (Å²) in [6, 6.07) is 10.2. The fraction of sp³-hybridized carbons (Fsp3) is 0.524. The van der Waals surface area contributed by atoms with Crippen molar-refractivity contribution in [3.63, 3.8) is 0 Å². The molecule has 0 spiro atoms. The molecule has 0 fully saturated rings. The van der Waals surface area contributed by atoms with Gasteiger partial charge in [0.2, 0.25) is 0 Å². The lowest BCUT2D eigenvalue weighted by Gasteiger charge is -2.22. The number of urea groups is 1. The van der Waals surface area contributed by atoms with Gasteiger partial charge in [-0.25, -0.2) is 9.48 Å². The van der Waals surface area contributed by atoms with Crippen molar-refractivity contribution in [1.29, 1.82) is 0 Å². The lowest BCUT2D eigenvalue weighted by atomic mass is 10.0. The van der Waals surface area contributed by atoms with E-state index in [1.165, 1.54) is 0 Å². The Balaban J connectivity index is 2.04. The van der Waals surface area contributed by atoms with Gasteiger partial charge in [0.15, 0.2) is 0 Å². The van der Waals surface area contributed by atoms with Crippen LogP contribution >= 0.6 is 0 Å². The predicted octanol–water partition coefficient (Wildman–Crippen LogP) is 4.46. The smallest absolute Gasteiger partial charge is 0.317 e. The Bertz CT molecular complexity index is 721. The summed E-state index contributed by atoms with van der Waals surface area (Å²) >= 11 is 0. The number of nitrogens with one attached hydrogen (secondary N) is 1. The molecule has 1 unspecified atom stereocenters. The number of hydrogen-bond donors (Lipinski definition) is 1. The molecule has 2 aromatic rings. The van der Waals surface area contributed by atoms with E-state index in [2.05, 4.69) is 38.1 Å². The molecule has 5 nitrogen and oxygen atoms in total. The van der Waals surface area contributed by atoms with Gasteiger partial charge in [-0.3, -0.25) is 0 Å². The van der Waals surface area contributed by atoms with Crippen LogP contribution in [0.4, 0.5) is 4.79 Å².